The van der Waals surface area contributed by atoms with Crippen LogP contribution in [0.3, 0.4) is 0 Å². The van der Waals surface area contributed by atoms with Crippen molar-refractivity contribution < 1.29 is 0 Å². The van der Waals surface area contributed by atoms with Gasteiger partial charge in [0.1, 0.15) is 18.0 Å². The Kier molecular flexibility index (Phi) is 5.73. The Hall–Kier alpha value is -1.32. The van der Waals surface area contributed by atoms with Crippen molar-refractivity contribution in [3.63, 3.8) is 0 Å². The van der Waals surface area contributed by atoms with Crippen LogP contribution >= 0.6 is 0 Å². The fourth-order valence-electron chi connectivity index (χ4n) is 1.75. The molecule has 0 aliphatic rings. The maximum Gasteiger partial charge on any atom is 0.134 e. The fourth-order valence-corrected chi connectivity index (χ4v) is 1.75. The quantitative estimate of drug-likeness (QED) is 0.790. The van der Waals surface area contributed by atoms with Crippen molar-refractivity contribution >= 4 is 11.6 Å². The Balaban J connectivity index is 2.86. The third kappa shape index (κ3) is 3.88. The van der Waals surface area contributed by atoms with Gasteiger partial charge in [0.2, 0.25) is 0 Å². The van der Waals surface area contributed by atoms with E-state index >= 15 is 0 Å². The Morgan fingerprint density at radius 1 is 1.35 bits per heavy atom. The average Bonchev–Trinajstić information content (AvgIpc) is 2.39. The summed E-state index contributed by atoms with van der Waals surface area (Å²) in [5.74, 6) is 1.90. The lowest BCUT2D eigenvalue weighted by atomic mass is 10.2. The molecule has 1 heterocycles. The lowest BCUT2D eigenvalue weighted by molar-refractivity contribution is 0.589. The fraction of sp³-hybridized carbons (Fsp3) is 0.692. The predicted molar refractivity (Wildman–Crippen MR) is 73.6 cm³/mol. The molecule has 0 amide bonds. The van der Waals surface area contributed by atoms with E-state index in [1.807, 2.05) is 13.1 Å². The third-order valence-corrected chi connectivity index (χ3v) is 3.08. The van der Waals surface area contributed by atoms with E-state index in [1.54, 1.807) is 6.33 Å². The molecule has 1 rings (SSSR count). The molecule has 0 spiro atoms. The molecule has 1 unspecified atom stereocenters. The number of rotatable bonds is 7. The number of unbranched alkanes of at least 4 members (excludes halogenated alkanes) is 1. The lowest BCUT2D eigenvalue weighted by Crippen LogP contribution is -2.34. The summed E-state index contributed by atoms with van der Waals surface area (Å²) in [6, 6.07) is 2.53. The van der Waals surface area contributed by atoms with Crippen molar-refractivity contribution in [1.82, 2.24) is 9.97 Å². The van der Waals surface area contributed by atoms with Gasteiger partial charge < -0.3 is 10.2 Å². The largest absolute Gasteiger partial charge is 0.373 e. The molecule has 4 heteroatoms. The molecule has 17 heavy (non-hydrogen) atoms. The lowest BCUT2D eigenvalue weighted by Gasteiger charge is -2.29. The number of hydrogen-bond donors (Lipinski definition) is 1. The van der Waals surface area contributed by atoms with Gasteiger partial charge in [-0.3, -0.25) is 0 Å². The number of hydrogen-bond acceptors (Lipinski definition) is 4. The van der Waals surface area contributed by atoms with E-state index in [0.29, 0.717) is 6.04 Å². The van der Waals surface area contributed by atoms with Crippen molar-refractivity contribution in [1.29, 1.82) is 0 Å². The zero-order chi connectivity index (χ0) is 12.7. The van der Waals surface area contributed by atoms with E-state index < -0.39 is 0 Å². The molecule has 1 atom stereocenters. The van der Waals surface area contributed by atoms with Crippen LogP contribution in [0.5, 0.6) is 0 Å². The van der Waals surface area contributed by atoms with Crippen LogP contribution in [0, 0.1) is 0 Å². The minimum atomic E-state index is 0.515. The minimum absolute atomic E-state index is 0.515. The maximum atomic E-state index is 4.38. The van der Waals surface area contributed by atoms with E-state index in [9.17, 15) is 0 Å². The summed E-state index contributed by atoms with van der Waals surface area (Å²) in [5, 5.41) is 3.06. The summed E-state index contributed by atoms with van der Waals surface area (Å²) in [6.45, 7) is 7.74. The SMILES string of the molecule is CCCCN(c1cc(NC)ncn1)C(C)CC. The first-order valence-corrected chi connectivity index (χ1v) is 6.49. The van der Waals surface area contributed by atoms with Gasteiger partial charge in [0.15, 0.2) is 0 Å². The molecular formula is C13H24N4. The maximum absolute atomic E-state index is 4.38. The van der Waals surface area contributed by atoms with Crippen LogP contribution in [0.15, 0.2) is 12.4 Å². The van der Waals surface area contributed by atoms with Gasteiger partial charge in [0.25, 0.3) is 0 Å². The molecule has 0 saturated carbocycles. The molecule has 1 aromatic rings. The van der Waals surface area contributed by atoms with Crippen LogP contribution in [0.2, 0.25) is 0 Å². The van der Waals surface area contributed by atoms with E-state index in [-0.39, 0.29) is 0 Å². The summed E-state index contributed by atoms with van der Waals surface area (Å²) in [6.07, 6.45) is 5.16. The van der Waals surface area contributed by atoms with Gasteiger partial charge in [-0.1, -0.05) is 20.3 Å². The Morgan fingerprint density at radius 2 is 2.12 bits per heavy atom. The van der Waals surface area contributed by atoms with Gasteiger partial charge >= 0.3 is 0 Å². The first kappa shape index (κ1) is 13.7. The highest BCUT2D eigenvalue weighted by Gasteiger charge is 2.14. The van der Waals surface area contributed by atoms with Gasteiger partial charge in [-0.05, 0) is 19.8 Å². The van der Waals surface area contributed by atoms with Crippen molar-refractivity contribution in [3.05, 3.63) is 12.4 Å². The Morgan fingerprint density at radius 3 is 2.71 bits per heavy atom. The predicted octanol–water partition coefficient (Wildman–Crippen LogP) is 2.92. The molecule has 0 aliphatic heterocycles. The van der Waals surface area contributed by atoms with Gasteiger partial charge in [-0.15, -0.1) is 0 Å². The van der Waals surface area contributed by atoms with Crippen molar-refractivity contribution in [3.8, 4) is 0 Å². The molecule has 0 aliphatic carbocycles. The summed E-state index contributed by atoms with van der Waals surface area (Å²) >= 11 is 0. The molecule has 4 nitrogen and oxygen atoms in total. The van der Waals surface area contributed by atoms with Crippen LogP contribution in [0.1, 0.15) is 40.0 Å². The third-order valence-electron chi connectivity index (χ3n) is 3.08. The minimum Gasteiger partial charge on any atom is -0.373 e. The van der Waals surface area contributed by atoms with Crippen molar-refractivity contribution in [2.75, 3.05) is 23.8 Å². The topological polar surface area (TPSA) is 41.0 Å². The van der Waals surface area contributed by atoms with Crippen LogP contribution in [-0.4, -0.2) is 29.6 Å². The number of anilines is 2. The van der Waals surface area contributed by atoms with Crippen LogP contribution in [0.25, 0.3) is 0 Å². The second-order valence-corrected chi connectivity index (χ2v) is 4.32. The first-order valence-electron chi connectivity index (χ1n) is 6.49. The smallest absolute Gasteiger partial charge is 0.134 e. The summed E-state index contributed by atoms with van der Waals surface area (Å²) in [4.78, 5) is 10.9. The number of nitrogens with zero attached hydrogens (tertiary/aromatic N) is 3. The van der Waals surface area contributed by atoms with Crippen LogP contribution in [-0.2, 0) is 0 Å². The highest BCUT2D eigenvalue weighted by molar-refractivity contribution is 5.48. The van der Waals surface area contributed by atoms with E-state index in [2.05, 4.69) is 41.0 Å². The standard InChI is InChI=1S/C13H24N4/c1-5-7-8-17(11(3)6-2)13-9-12(14-4)15-10-16-13/h9-11H,5-8H2,1-4H3,(H,14,15,16). The van der Waals surface area contributed by atoms with Gasteiger partial charge in [0.05, 0.1) is 0 Å². The zero-order valence-corrected chi connectivity index (χ0v) is 11.4. The highest BCUT2D eigenvalue weighted by Crippen LogP contribution is 2.18. The zero-order valence-electron chi connectivity index (χ0n) is 11.4. The molecular weight excluding hydrogens is 212 g/mol. The molecule has 0 aromatic carbocycles. The normalized spacial score (nSPS) is 12.2. The molecule has 0 fully saturated rings. The molecule has 96 valence electrons. The van der Waals surface area contributed by atoms with Gasteiger partial charge in [-0.25, -0.2) is 9.97 Å². The summed E-state index contributed by atoms with van der Waals surface area (Å²) in [5.41, 5.74) is 0. The van der Waals surface area contributed by atoms with Gasteiger partial charge in [0, 0.05) is 25.7 Å². The van der Waals surface area contributed by atoms with Crippen molar-refractivity contribution in [2.45, 2.75) is 46.1 Å². The number of nitrogens with one attached hydrogen (secondary N) is 1. The van der Waals surface area contributed by atoms with Gasteiger partial charge in [-0.2, -0.15) is 0 Å². The molecule has 0 saturated heterocycles. The van der Waals surface area contributed by atoms with E-state index in [4.69, 9.17) is 0 Å². The highest BCUT2D eigenvalue weighted by atomic mass is 15.2. The van der Waals surface area contributed by atoms with Crippen LogP contribution in [0.4, 0.5) is 11.6 Å². The monoisotopic (exact) mass is 236 g/mol. The first-order chi connectivity index (χ1) is 8.22. The van der Waals surface area contributed by atoms with E-state index in [1.165, 1.54) is 12.8 Å². The second kappa shape index (κ2) is 7.09. The molecule has 0 radical (unpaired) electrons. The Labute approximate surface area is 104 Å². The second-order valence-electron chi connectivity index (χ2n) is 4.32. The summed E-state index contributed by atoms with van der Waals surface area (Å²) in [7, 11) is 1.88. The van der Waals surface area contributed by atoms with Crippen molar-refractivity contribution in [2.24, 2.45) is 0 Å². The average molecular weight is 236 g/mol. The Bertz CT molecular complexity index is 327. The van der Waals surface area contributed by atoms with Crippen LogP contribution < -0.4 is 10.2 Å². The number of aromatic nitrogens is 2. The summed E-state index contributed by atoms with van der Waals surface area (Å²) < 4.78 is 0. The van der Waals surface area contributed by atoms with E-state index in [0.717, 1.165) is 24.6 Å². The molecule has 1 N–H and O–H groups in total. The molecule has 1 aromatic heterocycles. The molecule has 0 bridgehead atoms.